The van der Waals surface area contributed by atoms with Gasteiger partial charge < -0.3 is 15.3 Å². The van der Waals surface area contributed by atoms with Crippen molar-refractivity contribution in [2.45, 2.75) is 13.8 Å². The molecule has 0 atom stereocenters. The number of rotatable bonds is 5. The van der Waals surface area contributed by atoms with Crippen LogP contribution in [0.15, 0.2) is 11.1 Å². The first kappa shape index (κ1) is 13.6. The summed E-state index contributed by atoms with van der Waals surface area (Å²) >= 11 is 0. The molecule has 0 saturated heterocycles. The highest BCUT2D eigenvalue weighted by molar-refractivity contribution is 6.01. The van der Waals surface area contributed by atoms with Crippen LogP contribution in [-0.4, -0.2) is 49.1 Å². The monoisotopic (exact) mass is 214 g/mol. The van der Waals surface area contributed by atoms with Gasteiger partial charge in [0, 0.05) is 31.3 Å². The molecule has 86 valence electrons. The first-order valence-electron chi connectivity index (χ1n) is 4.72. The number of nitrogens with one attached hydrogen (secondary N) is 1. The van der Waals surface area contributed by atoms with Gasteiger partial charge in [-0.25, -0.2) is 4.79 Å². The Morgan fingerprint density at radius 1 is 1.27 bits per heavy atom. The maximum atomic E-state index is 11.7. The smallest absolute Gasteiger partial charge is 0.331 e. The van der Waals surface area contributed by atoms with Gasteiger partial charge in [0.2, 0.25) is 5.91 Å². The second kappa shape index (κ2) is 6.19. The minimum absolute atomic E-state index is 0.0938. The second-order valence-corrected chi connectivity index (χ2v) is 3.39. The Bertz CT molecular complexity index is 284. The van der Waals surface area contributed by atoms with Gasteiger partial charge in [0.1, 0.15) is 0 Å². The van der Waals surface area contributed by atoms with Gasteiger partial charge in [-0.15, -0.1) is 0 Å². The number of amides is 1. The van der Waals surface area contributed by atoms with Crippen molar-refractivity contribution in [2.75, 3.05) is 27.2 Å². The zero-order chi connectivity index (χ0) is 12.0. The fourth-order valence-corrected chi connectivity index (χ4v) is 0.988. The van der Waals surface area contributed by atoms with Gasteiger partial charge in [-0.1, -0.05) is 0 Å². The molecule has 1 amide bonds. The number of aliphatic carboxylic acids is 1. The maximum Gasteiger partial charge on any atom is 0.331 e. The summed E-state index contributed by atoms with van der Waals surface area (Å²) in [7, 11) is 3.45. The van der Waals surface area contributed by atoms with Gasteiger partial charge in [-0.05, 0) is 20.9 Å². The molecule has 2 N–H and O–H groups in total. The van der Waals surface area contributed by atoms with E-state index in [4.69, 9.17) is 5.11 Å². The second-order valence-electron chi connectivity index (χ2n) is 3.39. The van der Waals surface area contributed by atoms with Crippen LogP contribution in [0.1, 0.15) is 13.8 Å². The lowest BCUT2D eigenvalue weighted by Crippen LogP contribution is -2.33. The molecule has 0 saturated carbocycles. The lowest BCUT2D eigenvalue weighted by atomic mass is 10.1. The lowest BCUT2D eigenvalue weighted by molar-refractivity contribution is -0.133. The van der Waals surface area contributed by atoms with Gasteiger partial charge in [-0.3, -0.25) is 4.79 Å². The summed E-state index contributed by atoms with van der Waals surface area (Å²) in [5, 5.41) is 11.6. The predicted molar refractivity (Wildman–Crippen MR) is 57.6 cm³/mol. The van der Waals surface area contributed by atoms with E-state index < -0.39 is 5.97 Å². The van der Waals surface area contributed by atoms with Gasteiger partial charge in [0.25, 0.3) is 0 Å². The Morgan fingerprint density at radius 2 is 1.80 bits per heavy atom. The van der Waals surface area contributed by atoms with Crippen LogP contribution < -0.4 is 5.32 Å². The summed E-state index contributed by atoms with van der Waals surface area (Å²) < 4.78 is 0. The van der Waals surface area contributed by atoms with E-state index in [9.17, 15) is 9.59 Å². The van der Waals surface area contributed by atoms with Crippen molar-refractivity contribution in [3.8, 4) is 0 Å². The zero-order valence-electron chi connectivity index (χ0n) is 9.63. The van der Waals surface area contributed by atoms with Gasteiger partial charge >= 0.3 is 5.97 Å². The Labute approximate surface area is 89.8 Å². The fourth-order valence-electron chi connectivity index (χ4n) is 0.988. The Morgan fingerprint density at radius 3 is 2.20 bits per heavy atom. The molecule has 0 aromatic rings. The number of nitrogens with zero attached hydrogens (tertiary/aromatic N) is 1. The molecule has 0 aliphatic carbocycles. The first-order chi connectivity index (χ1) is 6.91. The Kier molecular flexibility index (Phi) is 5.62. The summed E-state index contributed by atoms with van der Waals surface area (Å²) in [5.41, 5.74) is 0.373. The summed E-state index contributed by atoms with van der Waals surface area (Å²) in [6, 6.07) is 0. The van der Waals surface area contributed by atoms with Crippen LogP contribution in [0.2, 0.25) is 0 Å². The summed E-state index contributed by atoms with van der Waals surface area (Å²) in [6.45, 7) is 4.20. The molecule has 0 bridgehead atoms. The van der Waals surface area contributed by atoms with Crippen LogP contribution >= 0.6 is 0 Å². The van der Waals surface area contributed by atoms with Gasteiger partial charge in [0.05, 0.1) is 0 Å². The van der Waals surface area contributed by atoms with Crippen molar-refractivity contribution in [1.29, 1.82) is 0 Å². The molecule has 0 aliphatic rings. The van der Waals surface area contributed by atoms with E-state index in [0.717, 1.165) is 0 Å². The molecule has 0 fully saturated rings. The minimum atomic E-state index is -1.05. The van der Waals surface area contributed by atoms with E-state index >= 15 is 0 Å². The van der Waals surface area contributed by atoms with Crippen LogP contribution in [0.5, 0.6) is 0 Å². The molecule has 5 heteroatoms. The highest BCUT2D eigenvalue weighted by Crippen LogP contribution is 2.06. The van der Waals surface area contributed by atoms with E-state index in [0.29, 0.717) is 13.1 Å². The number of carboxylic acid groups (broad SMARTS) is 1. The van der Waals surface area contributed by atoms with Crippen molar-refractivity contribution in [2.24, 2.45) is 0 Å². The average molecular weight is 214 g/mol. The van der Waals surface area contributed by atoms with Crippen molar-refractivity contribution in [3.63, 3.8) is 0 Å². The van der Waals surface area contributed by atoms with Crippen LogP contribution in [0.4, 0.5) is 0 Å². The van der Waals surface area contributed by atoms with Crippen LogP contribution in [0.25, 0.3) is 0 Å². The lowest BCUT2D eigenvalue weighted by Gasteiger charge is -2.17. The molecule has 0 radical (unpaired) electrons. The van der Waals surface area contributed by atoms with E-state index in [1.165, 1.54) is 18.7 Å². The summed E-state index contributed by atoms with van der Waals surface area (Å²) in [5.74, 6) is -1.30. The molecular weight excluding hydrogens is 196 g/mol. The topological polar surface area (TPSA) is 69.6 Å². The van der Waals surface area contributed by atoms with E-state index in [-0.39, 0.29) is 17.1 Å². The van der Waals surface area contributed by atoms with Crippen LogP contribution in [-0.2, 0) is 9.59 Å². The van der Waals surface area contributed by atoms with Crippen molar-refractivity contribution >= 4 is 11.9 Å². The molecular formula is C10H18N2O3. The quantitative estimate of drug-likeness (QED) is 0.636. The Balaban J connectivity index is 4.57. The summed E-state index contributed by atoms with van der Waals surface area (Å²) in [4.78, 5) is 23.8. The van der Waals surface area contributed by atoms with Crippen molar-refractivity contribution < 1.29 is 14.7 Å². The molecule has 0 spiro atoms. The average Bonchev–Trinajstić information content (AvgIpc) is 2.22. The third kappa shape index (κ3) is 4.12. The summed E-state index contributed by atoms with van der Waals surface area (Å²) in [6.07, 6.45) is 0. The fraction of sp³-hybridized carbons (Fsp3) is 0.600. The normalized spacial score (nSPS) is 12.0. The largest absolute Gasteiger partial charge is 0.478 e. The van der Waals surface area contributed by atoms with E-state index in [1.54, 1.807) is 14.1 Å². The van der Waals surface area contributed by atoms with Crippen molar-refractivity contribution in [3.05, 3.63) is 11.1 Å². The first-order valence-corrected chi connectivity index (χ1v) is 4.72. The van der Waals surface area contributed by atoms with Crippen LogP contribution in [0, 0.1) is 0 Å². The number of carbonyl (C=O) groups excluding carboxylic acids is 1. The molecule has 0 heterocycles. The molecule has 0 aromatic carbocycles. The van der Waals surface area contributed by atoms with E-state index in [2.05, 4.69) is 5.32 Å². The number of carbonyl (C=O) groups is 2. The number of likely N-dealkylation sites (N-methyl/N-ethyl adjacent to an activating group) is 2. The zero-order valence-corrected chi connectivity index (χ0v) is 9.63. The minimum Gasteiger partial charge on any atom is -0.478 e. The highest BCUT2D eigenvalue weighted by atomic mass is 16.4. The van der Waals surface area contributed by atoms with Gasteiger partial charge in [-0.2, -0.15) is 0 Å². The molecule has 0 aliphatic heterocycles. The van der Waals surface area contributed by atoms with Crippen LogP contribution in [0.3, 0.4) is 0 Å². The number of carboxylic acids is 1. The molecule has 0 rings (SSSR count). The standard InChI is InChI=1S/C10H18N2O3/c1-7(8(2)10(14)15)9(13)12(4)6-5-11-3/h11H,5-6H2,1-4H3,(H,14,15). The van der Waals surface area contributed by atoms with Gasteiger partial charge in [0.15, 0.2) is 0 Å². The highest BCUT2D eigenvalue weighted by Gasteiger charge is 2.15. The molecule has 0 unspecified atom stereocenters. The Hall–Kier alpha value is -1.36. The molecule has 5 nitrogen and oxygen atoms in total. The van der Waals surface area contributed by atoms with E-state index in [1.807, 2.05) is 0 Å². The number of hydrogen-bond acceptors (Lipinski definition) is 3. The molecule has 0 aromatic heterocycles. The maximum absolute atomic E-state index is 11.7. The predicted octanol–water partition coefficient (Wildman–Crippen LogP) is 0.0852. The third-order valence-corrected chi connectivity index (χ3v) is 2.25. The number of hydrogen-bond donors (Lipinski definition) is 2. The third-order valence-electron chi connectivity index (χ3n) is 2.25. The SMILES string of the molecule is CNCCN(C)C(=O)C(C)=C(C)C(=O)O. The van der Waals surface area contributed by atoms with Crippen molar-refractivity contribution in [1.82, 2.24) is 10.2 Å². The molecule has 15 heavy (non-hydrogen) atoms.